The van der Waals surface area contributed by atoms with E-state index in [9.17, 15) is 12.8 Å². The van der Waals surface area contributed by atoms with E-state index < -0.39 is 20.7 Å². The lowest BCUT2D eigenvalue weighted by Gasteiger charge is -2.06. The van der Waals surface area contributed by atoms with Crippen LogP contribution in [-0.4, -0.2) is 32.3 Å². The van der Waals surface area contributed by atoms with Crippen LogP contribution in [0.3, 0.4) is 0 Å². The van der Waals surface area contributed by atoms with Gasteiger partial charge in [-0.2, -0.15) is 0 Å². The third-order valence-electron chi connectivity index (χ3n) is 2.58. The van der Waals surface area contributed by atoms with Gasteiger partial charge in [-0.1, -0.05) is 17.4 Å². The van der Waals surface area contributed by atoms with Crippen molar-refractivity contribution in [3.8, 4) is 0 Å². The van der Waals surface area contributed by atoms with Crippen molar-refractivity contribution in [2.24, 2.45) is 0 Å². The molecule has 21 heavy (non-hydrogen) atoms. The SMILES string of the molecule is COCCc1nnc(NS(=O)(=O)c2cc(C)ccc2F)s1. The van der Waals surface area contributed by atoms with E-state index in [1.165, 1.54) is 12.1 Å². The average Bonchev–Trinajstić information content (AvgIpc) is 2.86. The first-order valence-corrected chi connectivity index (χ1v) is 8.32. The van der Waals surface area contributed by atoms with Crippen molar-refractivity contribution >= 4 is 26.5 Å². The molecule has 0 bridgehead atoms. The largest absolute Gasteiger partial charge is 0.384 e. The summed E-state index contributed by atoms with van der Waals surface area (Å²) < 4.78 is 45.1. The molecule has 0 amide bonds. The molecule has 0 atom stereocenters. The van der Waals surface area contributed by atoms with Crippen molar-refractivity contribution < 1.29 is 17.5 Å². The Morgan fingerprint density at radius 2 is 2.14 bits per heavy atom. The summed E-state index contributed by atoms with van der Waals surface area (Å²) in [6.45, 7) is 2.15. The van der Waals surface area contributed by atoms with Crippen molar-refractivity contribution in [3.63, 3.8) is 0 Å². The quantitative estimate of drug-likeness (QED) is 0.875. The Morgan fingerprint density at radius 1 is 1.38 bits per heavy atom. The van der Waals surface area contributed by atoms with Crippen LogP contribution in [0.15, 0.2) is 23.1 Å². The Labute approximate surface area is 126 Å². The van der Waals surface area contributed by atoms with Crippen LogP contribution in [0, 0.1) is 12.7 Å². The molecule has 0 saturated heterocycles. The predicted molar refractivity (Wildman–Crippen MR) is 77.4 cm³/mol. The number of sulfonamides is 1. The lowest BCUT2D eigenvalue weighted by atomic mass is 10.2. The van der Waals surface area contributed by atoms with Crippen LogP contribution < -0.4 is 4.72 Å². The second kappa shape index (κ2) is 6.46. The van der Waals surface area contributed by atoms with Gasteiger partial charge in [0.25, 0.3) is 10.0 Å². The molecule has 1 N–H and O–H groups in total. The highest BCUT2D eigenvalue weighted by atomic mass is 32.2. The summed E-state index contributed by atoms with van der Waals surface area (Å²) in [4.78, 5) is -0.406. The van der Waals surface area contributed by atoms with Crippen LogP contribution in [0.1, 0.15) is 10.6 Å². The van der Waals surface area contributed by atoms with Gasteiger partial charge in [-0.05, 0) is 24.6 Å². The third-order valence-corrected chi connectivity index (χ3v) is 4.97. The van der Waals surface area contributed by atoms with Crippen LogP contribution in [0.25, 0.3) is 0 Å². The molecule has 1 aromatic carbocycles. The summed E-state index contributed by atoms with van der Waals surface area (Å²) in [6, 6.07) is 3.89. The summed E-state index contributed by atoms with van der Waals surface area (Å²) >= 11 is 1.09. The highest BCUT2D eigenvalue weighted by Gasteiger charge is 2.21. The molecule has 0 aliphatic rings. The van der Waals surface area contributed by atoms with Gasteiger partial charge in [0.05, 0.1) is 6.61 Å². The van der Waals surface area contributed by atoms with Gasteiger partial charge in [-0.3, -0.25) is 4.72 Å². The maximum absolute atomic E-state index is 13.7. The van der Waals surface area contributed by atoms with Gasteiger partial charge >= 0.3 is 0 Å². The van der Waals surface area contributed by atoms with Gasteiger partial charge in [-0.15, -0.1) is 10.2 Å². The zero-order valence-corrected chi connectivity index (χ0v) is 13.1. The molecular weight excluding hydrogens is 317 g/mol. The van der Waals surface area contributed by atoms with E-state index >= 15 is 0 Å². The molecule has 9 heteroatoms. The molecule has 6 nitrogen and oxygen atoms in total. The van der Waals surface area contributed by atoms with Crippen LogP contribution in [-0.2, 0) is 21.2 Å². The van der Waals surface area contributed by atoms with Crippen molar-refractivity contribution in [2.45, 2.75) is 18.2 Å². The fourth-order valence-electron chi connectivity index (χ4n) is 1.57. The minimum Gasteiger partial charge on any atom is -0.384 e. The Morgan fingerprint density at radius 3 is 2.86 bits per heavy atom. The highest BCUT2D eigenvalue weighted by molar-refractivity contribution is 7.93. The normalized spacial score (nSPS) is 11.6. The molecule has 1 heterocycles. The van der Waals surface area contributed by atoms with Gasteiger partial charge < -0.3 is 4.74 Å². The molecule has 0 unspecified atom stereocenters. The number of rotatable bonds is 6. The van der Waals surface area contributed by atoms with Crippen molar-refractivity contribution in [1.82, 2.24) is 10.2 Å². The highest BCUT2D eigenvalue weighted by Crippen LogP contribution is 2.22. The van der Waals surface area contributed by atoms with Crippen LogP contribution >= 0.6 is 11.3 Å². The van der Waals surface area contributed by atoms with Crippen LogP contribution in [0.2, 0.25) is 0 Å². The number of benzene rings is 1. The fraction of sp³-hybridized carbons (Fsp3) is 0.333. The Balaban J connectivity index is 2.21. The number of anilines is 1. The van der Waals surface area contributed by atoms with Crippen molar-refractivity contribution in [3.05, 3.63) is 34.6 Å². The molecule has 0 radical (unpaired) electrons. The van der Waals surface area contributed by atoms with Crippen LogP contribution in [0.4, 0.5) is 9.52 Å². The van der Waals surface area contributed by atoms with Gasteiger partial charge in [0.1, 0.15) is 15.7 Å². The predicted octanol–water partition coefficient (Wildman–Crippen LogP) is 1.98. The molecule has 0 aliphatic heterocycles. The Kier molecular flexibility index (Phi) is 4.86. The number of hydrogen-bond donors (Lipinski definition) is 1. The lowest BCUT2D eigenvalue weighted by molar-refractivity contribution is 0.202. The van der Waals surface area contributed by atoms with E-state index in [4.69, 9.17) is 4.74 Å². The van der Waals surface area contributed by atoms with E-state index in [0.29, 0.717) is 23.6 Å². The number of aryl methyl sites for hydroxylation is 1. The first-order valence-electron chi connectivity index (χ1n) is 6.02. The molecule has 114 valence electrons. The van der Waals surface area contributed by atoms with E-state index in [0.717, 1.165) is 17.4 Å². The first-order chi connectivity index (χ1) is 9.92. The van der Waals surface area contributed by atoms with Crippen molar-refractivity contribution in [2.75, 3.05) is 18.4 Å². The molecule has 0 spiro atoms. The van der Waals surface area contributed by atoms with E-state index in [1.54, 1.807) is 14.0 Å². The van der Waals surface area contributed by atoms with Gasteiger partial charge in [0.2, 0.25) is 5.13 Å². The van der Waals surface area contributed by atoms with Crippen molar-refractivity contribution in [1.29, 1.82) is 0 Å². The van der Waals surface area contributed by atoms with E-state index in [2.05, 4.69) is 14.9 Å². The number of nitrogens with one attached hydrogen (secondary N) is 1. The first kappa shape index (κ1) is 15.8. The van der Waals surface area contributed by atoms with E-state index in [1.807, 2.05) is 0 Å². The summed E-state index contributed by atoms with van der Waals surface area (Å²) in [6.07, 6.45) is 0.536. The lowest BCUT2D eigenvalue weighted by Crippen LogP contribution is -2.14. The zero-order valence-electron chi connectivity index (χ0n) is 11.5. The van der Waals surface area contributed by atoms with Crippen LogP contribution in [0.5, 0.6) is 0 Å². The second-order valence-electron chi connectivity index (χ2n) is 4.28. The summed E-state index contributed by atoms with van der Waals surface area (Å²) in [5.41, 5.74) is 0.648. The molecule has 0 aliphatic carbocycles. The molecule has 2 rings (SSSR count). The minimum absolute atomic E-state index is 0.0991. The van der Waals surface area contributed by atoms with Gasteiger partial charge in [0, 0.05) is 13.5 Å². The molecule has 1 aromatic heterocycles. The number of ether oxygens (including phenoxy) is 1. The molecule has 0 fully saturated rings. The Bertz CT molecular complexity index is 731. The average molecular weight is 331 g/mol. The number of methoxy groups -OCH3 is 1. The standard InChI is InChI=1S/C12H14FN3O3S2/c1-8-3-4-9(13)10(7-8)21(17,18)16-12-15-14-11(20-12)5-6-19-2/h3-4,7H,5-6H2,1-2H3,(H,15,16). The maximum atomic E-state index is 13.7. The number of nitrogens with zero attached hydrogens (tertiary/aromatic N) is 2. The number of aromatic nitrogens is 2. The topological polar surface area (TPSA) is 81.2 Å². The summed E-state index contributed by atoms with van der Waals surface area (Å²) in [5, 5.41) is 8.31. The second-order valence-corrected chi connectivity index (χ2v) is 7.00. The molecular formula is C12H14FN3O3S2. The number of hydrogen-bond acceptors (Lipinski definition) is 6. The minimum atomic E-state index is -4.02. The molecule has 2 aromatic rings. The monoisotopic (exact) mass is 331 g/mol. The Hall–Kier alpha value is -1.58. The summed E-state index contributed by atoms with van der Waals surface area (Å²) in [5.74, 6) is -0.808. The fourth-order valence-corrected chi connectivity index (χ4v) is 3.69. The zero-order chi connectivity index (χ0) is 15.5. The third kappa shape index (κ3) is 3.96. The summed E-state index contributed by atoms with van der Waals surface area (Å²) in [7, 11) is -2.46. The maximum Gasteiger partial charge on any atom is 0.266 e. The number of halogens is 1. The smallest absolute Gasteiger partial charge is 0.266 e. The van der Waals surface area contributed by atoms with Gasteiger partial charge in [-0.25, -0.2) is 12.8 Å². The van der Waals surface area contributed by atoms with Gasteiger partial charge in [0.15, 0.2) is 0 Å². The molecule has 0 saturated carbocycles. The van der Waals surface area contributed by atoms with E-state index in [-0.39, 0.29) is 5.13 Å².